The number of nitrogens with zero attached hydrogens (tertiary/aromatic N) is 2. The van der Waals surface area contributed by atoms with Crippen molar-refractivity contribution in [3.8, 4) is 5.75 Å². The molecule has 1 aromatic carbocycles. The fourth-order valence-corrected chi connectivity index (χ4v) is 2.63. The minimum absolute atomic E-state index is 0.274. The Morgan fingerprint density at radius 2 is 2.25 bits per heavy atom. The molecule has 2 aromatic heterocycles. The van der Waals surface area contributed by atoms with Crippen LogP contribution in [0.1, 0.15) is 0 Å². The lowest BCUT2D eigenvalue weighted by molar-refractivity contribution is 0.196. The third-order valence-electron chi connectivity index (χ3n) is 2.97. The number of aromatic nitrogens is 3. The van der Waals surface area contributed by atoms with E-state index in [0.717, 1.165) is 0 Å². The number of imidazole rings is 1. The largest absolute Gasteiger partial charge is 0.495 e. The first-order chi connectivity index (χ1) is 9.52. The molecule has 0 aliphatic heterocycles. The number of carboxylic acid groups (broad SMARTS) is 1. The van der Waals surface area contributed by atoms with E-state index in [1.807, 2.05) is 0 Å². The summed E-state index contributed by atoms with van der Waals surface area (Å²) in [6.07, 6.45) is 0.0759. The molecule has 2 heterocycles. The number of rotatable bonds is 1. The van der Waals surface area contributed by atoms with Crippen LogP contribution in [0.5, 0.6) is 5.75 Å². The molecule has 7 nitrogen and oxygen atoms in total. The number of hydrogen-bond acceptors (Lipinski definition) is 4. The van der Waals surface area contributed by atoms with Crippen LogP contribution in [0.15, 0.2) is 27.6 Å². The second-order valence-electron chi connectivity index (χ2n) is 4.07. The molecule has 0 spiro atoms. The number of nitrogens with one attached hydrogen (secondary N) is 1. The summed E-state index contributed by atoms with van der Waals surface area (Å²) in [5.74, 6) is 0.573. The standard InChI is InChI=1S/C12H8BrN3O4/c1-20-9-3-7-5(2-6(9)13)10-8(4-14-7)15-11(17)16(10)12(18)19/h2-4H,1H3,(H,15,17)(H,18,19). The number of fused-ring (bicyclic) bond motifs is 3. The number of H-pyrrole nitrogens is 1. The number of benzene rings is 1. The summed E-state index contributed by atoms with van der Waals surface area (Å²) in [7, 11) is 1.52. The van der Waals surface area contributed by atoms with Gasteiger partial charge in [0.05, 0.1) is 34.3 Å². The van der Waals surface area contributed by atoms with Crippen LogP contribution in [0, 0.1) is 0 Å². The molecule has 8 heteroatoms. The van der Waals surface area contributed by atoms with Crippen LogP contribution in [0.2, 0.25) is 0 Å². The van der Waals surface area contributed by atoms with Gasteiger partial charge in [0.25, 0.3) is 0 Å². The highest BCUT2D eigenvalue weighted by atomic mass is 79.9. The maximum absolute atomic E-state index is 11.7. The smallest absolute Gasteiger partial charge is 0.420 e. The average Bonchev–Trinajstić information content (AvgIpc) is 2.74. The SMILES string of the molecule is COc1cc2ncc3[nH]c(=O)n(C(=O)O)c3c2cc1Br. The van der Waals surface area contributed by atoms with Gasteiger partial charge in [0.15, 0.2) is 0 Å². The molecule has 3 rings (SSSR count). The number of halogens is 1. The number of carbonyl (C=O) groups is 1. The number of ether oxygens (including phenoxy) is 1. The van der Waals surface area contributed by atoms with Crippen molar-refractivity contribution in [2.24, 2.45) is 0 Å². The molecular weight excluding hydrogens is 330 g/mol. The summed E-state index contributed by atoms with van der Waals surface area (Å²) in [4.78, 5) is 29.6. The minimum atomic E-state index is -1.35. The highest BCUT2D eigenvalue weighted by Crippen LogP contribution is 2.32. The van der Waals surface area contributed by atoms with E-state index in [0.29, 0.717) is 31.2 Å². The van der Waals surface area contributed by atoms with Gasteiger partial charge in [-0.05, 0) is 22.0 Å². The molecule has 0 fully saturated rings. The Balaban J connectivity index is 2.55. The molecular formula is C12H8BrN3O4. The Morgan fingerprint density at radius 3 is 2.90 bits per heavy atom. The van der Waals surface area contributed by atoms with Gasteiger partial charge in [0.1, 0.15) is 5.75 Å². The first-order valence-electron chi connectivity index (χ1n) is 5.53. The van der Waals surface area contributed by atoms with Crippen LogP contribution in [0.25, 0.3) is 21.9 Å². The topological polar surface area (TPSA) is 97.2 Å². The summed E-state index contributed by atoms with van der Waals surface area (Å²) in [6, 6.07) is 3.35. The zero-order chi connectivity index (χ0) is 14.4. The predicted molar refractivity (Wildman–Crippen MR) is 75.5 cm³/mol. The van der Waals surface area contributed by atoms with Crippen molar-refractivity contribution in [2.45, 2.75) is 0 Å². The van der Waals surface area contributed by atoms with E-state index in [1.54, 1.807) is 12.1 Å². The zero-order valence-electron chi connectivity index (χ0n) is 10.2. The van der Waals surface area contributed by atoms with E-state index in [4.69, 9.17) is 9.84 Å². The molecule has 102 valence electrons. The molecule has 20 heavy (non-hydrogen) atoms. The van der Waals surface area contributed by atoms with Crippen molar-refractivity contribution in [1.29, 1.82) is 0 Å². The summed E-state index contributed by atoms with van der Waals surface area (Å²) in [5, 5.41) is 9.71. The lowest BCUT2D eigenvalue weighted by Crippen LogP contribution is -2.22. The molecule has 3 aromatic rings. The Hall–Kier alpha value is -2.35. The van der Waals surface area contributed by atoms with Crippen molar-refractivity contribution < 1.29 is 14.6 Å². The van der Waals surface area contributed by atoms with Gasteiger partial charge in [-0.1, -0.05) is 0 Å². The molecule has 0 bridgehead atoms. The van der Waals surface area contributed by atoms with Gasteiger partial charge in [0, 0.05) is 11.5 Å². The molecule has 0 aliphatic rings. The van der Waals surface area contributed by atoms with Gasteiger partial charge in [-0.2, -0.15) is 4.57 Å². The van der Waals surface area contributed by atoms with E-state index < -0.39 is 11.8 Å². The van der Waals surface area contributed by atoms with E-state index in [2.05, 4.69) is 25.9 Å². The predicted octanol–water partition coefficient (Wildman–Crippen LogP) is 2.17. The van der Waals surface area contributed by atoms with Crippen molar-refractivity contribution in [2.75, 3.05) is 7.11 Å². The fraction of sp³-hybridized carbons (Fsp3) is 0.0833. The minimum Gasteiger partial charge on any atom is -0.495 e. The molecule has 0 saturated carbocycles. The summed E-state index contributed by atoms with van der Waals surface area (Å²) >= 11 is 3.33. The number of pyridine rings is 1. The van der Waals surface area contributed by atoms with Crippen LogP contribution in [-0.2, 0) is 0 Å². The first-order valence-corrected chi connectivity index (χ1v) is 6.32. The Labute approximate surface area is 119 Å². The number of aromatic amines is 1. The normalized spacial score (nSPS) is 11.1. The van der Waals surface area contributed by atoms with Crippen molar-refractivity contribution in [3.63, 3.8) is 0 Å². The Bertz CT molecular complexity index is 912. The molecule has 0 unspecified atom stereocenters. The van der Waals surface area contributed by atoms with Gasteiger partial charge in [0.2, 0.25) is 0 Å². The second-order valence-corrected chi connectivity index (χ2v) is 4.93. The lowest BCUT2D eigenvalue weighted by Gasteiger charge is -2.06. The van der Waals surface area contributed by atoms with E-state index in [-0.39, 0.29) is 5.52 Å². The lowest BCUT2D eigenvalue weighted by atomic mass is 10.2. The van der Waals surface area contributed by atoms with E-state index >= 15 is 0 Å². The molecule has 0 amide bonds. The number of hydrogen-bond donors (Lipinski definition) is 2. The Kier molecular flexibility index (Phi) is 2.75. The molecule has 0 radical (unpaired) electrons. The fourth-order valence-electron chi connectivity index (χ4n) is 2.12. The van der Waals surface area contributed by atoms with Gasteiger partial charge >= 0.3 is 11.8 Å². The summed E-state index contributed by atoms with van der Waals surface area (Å²) in [6.45, 7) is 0. The summed E-state index contributed by atoms with van der Waals surface area (Å²) < 4.78 is 6.48. The van der Waals surface area contributed by atoms with Gasteiger partial charge in [-0.3, -0.25) is 4.98 Å². The maximum atomic E-state index is 11.7. The van der Waals surface area contributed by atoms with Crippen molar-refractivity contribution in [3.05, 3.63) is 33.3 Å². The second kappa shape index (κ2) is 4.34. The monoisotopic (exact) mass is 337 g/mol. The van der Waals surface area contributed by atoms with E-state index in [1.165, 1.54) is 13.3 Å². The molecule has 0 aliphatic carbocycles. The van der Waals surface area contributed by atoms with Crippen LogP contribution < -0.4 is 10.4 Å². The maximum Gasteiger partial charge on any atom is 0.420 e. The van der Waals surface area contributed by atoms with Gasteiger partial charge < -0.3 is 14.8 Å². The third-order valence-corrected chi connectivity index (χ3v) is 3.59. The molecule has 0 saturated heterocycles. The van der Waals surface area contributed by atoms with Crippen LogP contribution >= 0.6 is 15.9 Å². The highest BCUT2D eigenvalue weighted by molar-refractivity contribution is 9.10. The average molecular weight is 338 g/mol. The molecule has 0 atom stereocenters. The molecule has 2 N–H and O–H groups in total. The zero-order valence-corrected chi connectivity index (χ0v) is 11.8. The van der Waals surface area contributed by atoms with Gasteiger partial charge in [-0.25, -0.2) is 9.59 Å². The first kappa shape index (κ1) is 12.7. The van der Waals surface area contributed by atoms with Crippen LogP contribution in [0.3, 0.4) is 0 Å². The van der Waals surface area contributed by atoms with Gasteiger partial charge in [-0.15, -0.1) is 0 Å². The van der Waals surface area contributed by atoms with E-state index in [9.17, 15) is 9.59 Å². The highest BCUT2D eigenvalue weighted by Gasteiger charge is 2.17. The van der Waals surface area contributed by atoms with Crippen molar-refractivity contribution >= 4 is 44.0 Å². The quantitative estimate of drug-likeness (QED) is 0.709. The number of methoxy groups -OCH3 is 1. The Morgan fingerprint density at radius 1 is 1.50 bits per heavy atom. The third kappa shape index (κ3) is 1.68. The summed E-state index contributed by atoms with van der Waals surface area (Å²) in [5.41, 5.74) is 0.457. The van der Waals surface area contributed by atoms with Crippen molar-refractivity contribution in [1.82, 2.24) is 14.5 Å². The van der Waals surface area contributed by atoms with Crippen LogP contribution in [0.4, 0.5) is 4.79 Å². The van der Waals surface area contributed by atoms with Crippen LogP contribution in [-0.4, -0.2) is 32.8 Å².